The monoisotopic (exact) mass is 326 g/mol. The number of rotatable bonds is 3. The van der Waals surface area contributed by atoms with Crippen LogP contribution in [0.2, 0.25) is 10.0 Å². The van der Waals surface area contributed by atoms with Crippen LogP contribution in [0.3, 0.4) is 0 Å². The maximum Gasteiger partial charge on any atom is 0.0886 e. The molecule has 0 radical (unpaired) electrons. The molecule has 0 aliphatic rings. The Balaban J connectivity index is 1.80. The number of nitrogens with zero attached hydrogens (tertiary/aromatic N) is 2. The first-order valence-electron chi connectivity index (χ1n) is 6.72. The highest BCUT2D eigenvalue weighted by molar-refractivity contribution is 6.34. The summed E-state index contributed by atoms with van der Waals surface area (Å²) in [5.41, 5.74) is 3.66. The molecule has 1 aromatic carbocycles. The molecule has 108 valence electrons. The van der Waals surface area contributed by atoms with Crippen molar-refractivity contribution in [2.45, 2.75) is 0 Å². The lowest BCUT2D eigenvalue weighted by atomic mass is 10.1. The molecule has 3 aromatic rings. The summed E-state index contributed by atoms with van der Waals surface area (Å²) < 4.78 is 0. The van der Waals surface area contributed by atoms with Gasteiger partial charge in [0.2, 0.25) is 0 Å². The maximum atomic E-state index is 5.98. The first-order valence-corrected chi connectivity index (χ1v) is 7.48. The Morgan fingerprint density at radius 3 is 2.09 bits per heavy atom. The van der Waals surface area contributed by atoms with Crippen LogP contribution >= 0.6 is 23.2 Å². The first-order chi connectivity index (χ1) is 10.7. The molecule has 22 heavy (non-hydrogen) atoms. The van der Waals surface area contributed by atoms with E-state index in [1.807, 2.05) is 60.8 Å². The minimum absolute atomic E-state index is 0.621. The molecule has 0 unspecified atom stereocenters. The Hall–Kier alpha value is -2.16. The van der Waals surface area contributed by atoms with Gasteiger partial charge in [0.1, 0.15) is 0 Å². The van der Waals surface area contributed by atoms with Crippen LogP contribution < -0.4 is 0 Å². The lowest BCUT2D eigenvalue weighted by molar-refractivity contribution is 1.24. The highest BCUT2D eigenvalue weighted by Crippen LogP contribution is 2.21. The largest absolute Gasteiger partial charge is 0.255 e. The van der Waals surface area contributed by atoms with Gasteiger partial charge in [-0.25, -0.2) is 0 Å². The van der Waals surface area contributed by atoms with Gasteiger partial charge < -0.3 is 0 Å². The Labute approximate surface area is 139 Å². The van der Waals surface area contributed by atoms with E-state index in [1.54, 1.807) is 12.3 Å². The Bertz CT molecular complexity index is 777. The first kappa shape index (κ1) is 14.8. The molecule has 0 N–H and O–H groups in total. The van der Waals surface area contributed by atoms with Crippen molar-refractivity contribution in [3.8, 4) is 11.4 Å². The smallest absolute Gasteiger partial charge is 0.0886 e. The molecule has 2 nitrogen and oxygen atoms in total. The average molecular weight is 327 g/mol. The van der Waals surface area contributed by atoms with Crippen molar-refractivity contribution in [3.05, 3.63) is 82.1 Å². The van der Waals surface area contributed by atoms with E-state index in [-0.39, 0.29) is 0 Å². The van der Waals surface area contributed by atoms with Crippen molar-refractivity contribution in [3.63, 3.8) is 0 Å². The van der Waals surface area contributed by atoms with Gasteiger partial charge in [-0.05, 0) is 47.5 Å². The van der Waals surface area contributed by atoms with E-state index in [1.165, 1.54) is 0 Å². The number of hydrogen-bond donors (Lipinski definition) is 0. The van der Waals surface area contributed by atoms with Crippen LogP contribution in [0.15, 0.2) is 60.9 Å². The molecular formula is C18H12Cl2N2. The molecule has 0 fully saturated rings. The van der Waals surface area contributed by atoms with E-state index >= 15 is 0 Å². The Morgan fingerprint density at radius 2 is 1.45 bits per heavy atom. The fourth-order valence-electron chi connectivity index (χ4n) is 2.03. The minimum Gasteiger partial charge on any atom is -0.255 e. The van der Waals surface area contributed by atoms with Gasteiger partial charge in [-0.2, -0.15) is 0 Å². The lowest BCUT2D eigenvalue weighted by Gasteiger charge is -2.00. The van der Waals surface area contributed by atoms with Crippen molar-refractivity contribution < 1.29 is 0 Å². The zero-order chi connectivity index (χ0) is 15.4. The number of aromatic nitrogens is 2. The molecule has 2 aromatic heterocycles. The van der Waals surface area contributed by atoms with Gasteiger partial charge >= 0.3 is 0 Å². The van der Waals surface area contributed by atoms with Crippen molar-refractivity contribution in [2.24, 2.45) is 0 Å². The van der Waals surface area contributed by atoms with Crippen molar-refractivity contribution in [1.29, 1.82) is 0 Å². The third kappa shape index (κ3) is 3.73. The molecule has 0 amide bonds. The second-order valence-corrected chi connectivity index (χ2v) is 5.60. The topological polar surface area (TPSA) is 25.8 Å². The fourth-order valence-corrected chi connectivity index (χ4v) is 2.58. The zero-order valence-electron chi connectivity index (χ0n) is 11.6. The third-order valence-corrected chi connectivity index (χ3v) is 3.50. The molecular weight excluding hydrogens is 315 g/mol. The molecule has 2 heterocycles. The maximum absolute atomic E-state index is 5.98. The number of benzene rings is 1. The van der Waals surface area contributed by atoms with Gasteiger partial charge in [0.25, 0.3) is 0 Å². The fraction of sp³-hybridized carbons (Fsp3) is 0. The number of pyridine rings is 2. The second-order valence-electron chi connectivity index (χ2n) is 4.73. The summed E-state index contributed by atoms with van der Waals surface area (Å²) >= 11 is 12.0. The predicted molar refractivity (Wildman–Crippen MR) is 92.9 cm³/mol. The summed E-state index contributed by atoms with van der Waals surface area (Å²) in [7, 11) is 0. The summed E-state index contributed by atoms with van der Waals surface area (Å²) in [6.07, 6.45) is 7.49. The number of halogens is 2. The summed E-state index contributed by atoms with van der Waals surface area (Å²) in [6, 6.07) is 15.2. The van der Waals surface area contributed by atoms with E-state index in [4.69, 9.17) is 23.2 Å². The van der Waals surface area contributed by atoms with Crippen molar-refractivity contribution >= 4 is 35.4 Å². The van der Waals surface area contributed by atoms with E-state index in [0.717, 1.165) is 22.5 Å². The van der Waals surface area contributed by atoms with E-state index in [9.17, 15) is 0 Å². The second kappa shape index (κ2) is 6.73. The molecule has 4 heteroatoms. The molecule has 0 spiro atoms. The van der Waals surface area contributed by atoms with Crippen LogP contribution in [-0.2, 0) is 0 Å². The molecule has 3 rings (SSSR count). The van der Waals surface area contributed by atoms with Gasteiger partial charge in [-0.1, -0.05) is 47.5 Å². The molecule has 0 saturated carbocycles. The third-order valence-electron chi connectivity index (χ3n) is 3.07. The Kier molecular flexibility index (Phi) is 4.52. The summed E-state index contributed by atoms with van der Waals surface area (Å²) in [5, 5.41) is 1.24. The summed E-state index contributed by atoms with van der Waals surface area (Å²) in [4.78, 5) is 8.71. The van der Waals surface area contributed by atoms with Crippen LogP contribution in [0.1, 0.15) is 11.1 Å². The molecule has 0 saturated heterocycles. The minimum atomic E-state index is 0.621. The van der Waals surface area contributed by atoms with Crippen molar-refractivity contribution in [2.75, 3.05) is 0 Å². The zero-order valence-corrected chi connectivity index (χ0v) is 13.1. The molecule has 0 aliphatic carbocycles. The molecule has 0 bridgehead atoms. The van der Waals surface area contributed by atoms with E-state index in [0.29, 0.717) is 10.0 Å². The standard InChI is InChI=1S/C18H12Cl2N2/c19-15-9-14(10-16(20)11-15)5-4-13-6-7-18(22-12-13)17-3-1-2-8-21-17/h1-12H/b5-4-. The van der Waals surface area contributed by atoms with Gasteiger partial charge in [0.15, 0.2) is 0 Å². The van der Waals surface area contributed by atoms with E-state index < -0.39 is 0 Å². The number of hydrogen-bond acceptors (Lipinski definition) is 2. The SMILES string of the molecule is Clc1cc(Cl)cc(/C=C\c2ccc(-c3ccccn3)nc2)c1. The van der Waals surface area contributed by atoms with E-state index in [2.05, 4.69) is 9.97 Å². The van der Waals surface area contributed by atoms with Crippen LogP contribution in [0, 0.1) is 0 Å². The van der Waals surface area contributed by atoms with Crippen LogP contribution in [0.5, 0.6) is 0 Å². The van der Waals surface area contributed by atoms with Gasteiger partial charge in [-0.15, -0.1) is 0 Å². The van der Waals surface area contributed by atoms with Crippen LogP contribution in [0.4, 0.5) is 0 Å². The highest BCUT2D eigenvalue weighted by atomic mass is 35.5. The molecule has 0 atom stereocenters. The molecule has 0 aliphatic heterocycles. The van der Waals surface area contributed by atoms with Crippen molar-refractivity contribution in [1.82, 2.24) is 9.97 Å². The van der Waals surface area contributed by atoms with Crippen LogP contribution in [-0.4, -0.2) is 9.97 Å². The normalized spacial score (nSPS) is 11.0. The van der Waals surface area contributed by atoms with Gasteiger partial charge in [0, 0.05) is 22.4 Å². The highest BCUT2D eigenvalue weighted by Gasteiger charge is 1.99. The predicted octanol–water partition coefficient (Wildman–Crippen LogP) is 5.62. The average Bonchev–Trinajstić information content (AvgIpc) is 2.53. The Morgan fingerprint density at radius 1 is 0.727 bits per heavy atom. The quantitative estimate of drug-likeness (QED) is 0.624. The van der Waals surface area contributed by atoms with Crippen LogP contribution in [0.25, 0.3) is 23.5 Å². The van der Waals surface area contributed by atoms with Gasteiger partial charge in [0.05, 0.1) is 11.4 Å². The lowest BCUT2D eigenvalue weighted by Crippen LogP contribution is -1.86. The summed E-state index contributed by atoms with van der Waals surface area (Å²) in [5.74, 6) is 0. The van der Waals surface area contributed by atoms with Gasteiger partial charge in [-0.3, -0.25) is 9.97 Å². The summed E-state index contributed by atoms with van der Waals surface area (Å²) in [6.45, 7) is 0.